The van der Waals surface area contributed by atoms with Crippen molar-refractivity contribution < 1.29 is 4.74 Å². The van der Waals surface area contributed by atoms with Gasteiger partial charge in [0.15, 0.2) is 0 Å². The Kier molecular flexibility index (Phi) is 4.14. The first kappa shape index (κ1) is 13.4. The van der Waals surface area contributed by atoms with Gasteiger partial charge in [0.2, 0.25) is 0 Å². The zero-order valence-electron chi connectivity index (χ0n) is 11.8. The van der Waals surface area contributed by atoms with Crippen molar-refractivity contribution in [2.24, 2.45) is 5.41 Å². The van der Waals surface area contributed by atoms with Crippen molar-refractivity contribution in [2.45, 2.75) is 77.4 Å². The van der Waals surface area contributed by atoms with E-state index in [4.69, 9.17) is 4.74 Å². The molecule has 17 heavy (non-hydrogen) atoms. The van der Waals surface area contributed by atoms with Gasteiger partial charge in [-0.1, -0.05) is 26.2 Å². The van der Waals surface area contributed by atoms with Crippen LogP contribution in [0.15, 0.2) is 0 Å². The summed E-state index contributed by atoms with van der Waals surface area (Å²) in [6.07, 6.45) is 9.95. The highest BCUT2D eigenvalue weighted by Gasteiger charge is 2.32. The van der Waals surface area contributed by atoms with E-state index in [0.717, 1.165) is 6.54 Å². The number of hydrogen-bond donors (Lipinski definition) is 1. The summed E-state index contributed by atoms with van der Waals surface area (Å²) in [7, 11) is 0. The summed E-state index contributed by atoms with van der Waals surface area (Å²) >= 11 is 0. The third-order valence-corrected chi connectivity index (χ3v) is 4.54. The van der Waals surface area contributed by atoms with Crippen LogP contribution in [0.25, 0.3) is 0 Å². The van der Waals surface area contributed by atoms with Crippen LogP contribution in [0.4, 0.5) is 0 Å². The molecule has 2 rings (SSSR count). The zero-order valence-corrected chi connectivity index (χ0v) is 11.8. The number of nitrogens with one attached hydrogen (secondary N) is 1. The molecule has 1 saturated carbocycles. The second-order valence-corrected chi connectivity index (χ2v) is 7.04. The second kappa shape index (κ2) is 5.27. The quantitative estimate of drug-likeness (QED) is 0.810. The standard InChI is InChI=1S/C15H29NO/c1-14(2)10-7-13(17-14)11-16-12-15(3)8-5-4-6-9-15/h13,16H,4-12H2,1-3H3. The van der Waals surface area contributed by atoms with E-state index in [-0.39, 0.29) is 5.60 Å². The van der Waals surface area contributed by atoms with Crippen molar-refractivity contribution in [1.82, 2.24) is 5.32 Å². The molecule has 0 spiro atoms. The molecule has 0 amide bonds. The third-order valence-electron chi connectivity index (χ3n) is 4.54. The van der Waals surface area contributed by atoms with Gasteiger partial charge in [0.25, 0.3) is 0 Å². The molecule has 0 aromatic rings. The van der Waals surface area contributed by atoms with Gasteiger partial charge in [-0.15, -0.1) is 0 Å². The lowest BCUT2D eigenvalue weighted by molar-refractivity contribution is -0.0152. The van der Waals surface area contributed by atoms with Gasteiger partial charge in [0.05, 0.1) is 11.7 Å². The summed E-state index contributed by atoms with van der Waals surface area (Å²) in [5.74, 6) is 0. The maximum Gasteiger partial charge on any atom is 0.0707 e. The minimum atomic E-state index is 0.112. The van der Waals surface area contributed by atoms with E-state index in [2.05, 4.69) is 26.1 Å². The van der Waals surface area contributed by atoms with Crippen molar-refractivity contribution in [3.63, 3.8) is 0 Å². The molecule has 1 saturated heterocycles. The molecule has 100 valence electrons. The van der Waals surface area contributed by atoms with Crippen LogP contribution in [0.2, 0.25) is 0 Å². The normalized spacial score (nSPS) is 31.6. The highest BCUT2D eigenvalue weighted by Crippen LogP contribution is 2.35. The molecule has 1 aliphatic carbocycles. The van der Waals surface area contributed by atoms with Crippen LogP contribution in [0, 0.1) is 5.41 Å². The molecule has 1 heterocycles. The van der Waals surface area contributed by atoms with E-state index in [1.807, 2.05) is 0 Å². The average molecular weight is 239 g/mol. The lowest BCUT2D eigenvalue weighted by Gasteiger charge is -2.34. The SMILES string of the molecule is CC1(CNCC2CCC(C)(C)O2)CCCCC1. The molecule has 0 aromatic carbocycles. The van der Waals surface area contributed by atoms with Crippen molar-refractivity contribution in [2.75, 3.05) is 13.1 Å². The highest BCUT2D eigenvalue weighted by molar-refractivity contribution is 4.84. The number of ether oxygens (including phenoxy) is 1. The number of rotatable bonds is 4. The minimum Gasteiger partial charge on any atom is -0.371 e. The van der Waals surface area contributed by atoms with Crippen molar-refractivity contribution >= 4 is 0 Å². The predicted octanol–water partition coefficient (Wildman–Crippen LogP) is 3.50. The summed E-state index contributed by atoms with van der Waals surface area (Å²) in [4.78, 5) is 0. The summed E-state index contributed by atoms with van der Waals surface area (Å²) < 4.78 is 6.01. The molecule has 1 aliphatic heterocycles. The summed E-state index contributed by atoms with van der Waals surface area (Å²) in [6.45, 7) is 9.07. The van der Waals surface area contributed by atoms with E-state index in [9.17, 15) is 0 Å². The molecule has 0 bridgehead atoms. The van der Waals surface area contributed by atoms with Crippen LogP contribution < -0.4 is 5.32 Å². The molecule has 1 N–H and O–H groups in total. The van der Waals surface area contributed by atoms with Crippen LogP contribution in [0.1, 0.15) is 65.7 Å². The Morgan fingerprint density at radius 2 is 1.76 bits per heavy atom. The molecule has 0 radical (unpaired) electrons. The maximum atomic E-state index is 6.01. The molecule has 0 aromatic heterocycles. The van der Waals surface area contributed by atoms with E-state index >= 15 is 0 Å². The number of hydrogen-bond acceptors (Lipinski definition) is 2. The fourth-order valence-electron chi connectivity index (χ4n) is 3.34. The molecule has 1 unspecified atom stereocenters. The minimum absolute atomic E-state index is 0.112. The Bertz CT molecular complexity index is 243. The topological polar surface area (TPSA) is 21.3 Å². The fourth-order valence-corrected chi connectivity index (χ4v) is 3.34. The van der Waals surface area contributed by atoms with Crippen molar-refractivity contribution in [3.05, 3.63) is 0 Å². The third kappa shape index (κ3) is 3.96. The van der Waals surface area contributed by atoms with Gasteiger partial charge in [0.1, 0.15) is 0 Å². The predicted molar refractivity (Wildman–Crippen MR) is 72.2 cm³/mol. The van der Waals surface area contributed by atoms with Gasteiger partial charge in [-0.2, -0.15) is 0 Å². The average Bonchev–Trinajstić information content (AvgIpc) is 2.59. The molecular formula is C15H29NO. The summed E-state index contributed by atoms with van der Waals surface area (Å²) in [6, 6.07) is 0. The molecule has 2 nitrogen and oxygen atoms in total. The lowest BCUT2D eigenvalue weighted by atomic mass is 9.76. The first-order valence-corrected chi connectivity index (χ1v) is 7.38. The Hall–Kier alpha value is -0.0800. The lowest BCUT2D eigenvalue weighted by Crippen LogP contribution is -2.37. The van der Waals surface area contributed by atoms with E-state index in [1.165, 1.54) is 51.5 Å². The van der Waals surface area contributed by atoms with Gasteiger partial charge in [-0.3, -0.25) is 0 Å². The van der Waals surface area contributed by atoms with Crippen LogP contribution >= 0.6 is 0 Å². The first-order chi connectivity index (χ1) is 7.99. The van der Waals surface area contributed by atoms with Crippen LogP contribution in [-0.4, -0.2) is 24.8 Å². The smallest absolute Gasteiger partial charge is 0.0707 e. The van der Waals surface area contributed by atoms with Crippen LogP contribution in [-0.2, 0) is 4.74 Å². The van der Waals surface area contributed by atoms with Crippen LogP contribution in [0.3, 0.4) is 0 Å². The Labute approximate surface area is 107 Å². The van der Waals surface area contributed by atoms with Gasteiger partial charge in [-0.05, 0) is 44.9 Å². The Balaban J connectivity index is 1.66. The molecular weight excluding hydrogens is 210 g/mol. The van der Waals surface area contributed by atoms with Crippen molar-refractivity contribution in [3.8, 4) is 0 Å². The Morgan fingerprint density at radius 1 is 1.06 bits per heavy atom. The molecule has 2 fully saturated rings. The Morgan fingerprint density at radius 3 is 2.35 bits per heavy atom. The molecule has 1 atom stereocenters. The van der Waals surface area contributed by atoms with Gasteiger partial charge >= 0.3 is 0 Å². The van der Waals surface area contributed by atoms with Gasteiger partial charge in [-0.25, -0.2) is 0 Å². The largest absolute Gasteiger partial charge is 0.371 e. The molecule has 2 aliphatic rings. The molecule has 2 heteroatoms. The first-order valence-electron chi connectivity index (χ1n) is 7.38. The van der Waals surface area contributed by atoms with Crippen LogP contribution in [0.5, 0.6) is 0 Å². The van der Waals surface area contributed by atoms with E-state index in [1.54, 1.807) is 0 Å². The summed E-state index contributed by atoms with van der Waals surface area (Å²) in [5, 5.41) is 3.65. The van der Waals surface area contributed by atoms with E-state index in [0.29, 0.717) is 11.5 Å². The van der Waals surface area contributed by atoms with Gasteiger partial charge < -0.3 is 10.1 Å². The van der Waals surface area contributed by atoms with Gasteiger partial charge in [0, 0.05) is 13.1 Å². The fraction of sp³-hybridized carbons (Fsp3) is 1.00. The highest BCUT2D eigenvalue weighted by atomic mass is 16.5. The zero-order chi connectivity index (χ0) is 12.4. The summed E-state index contributed by atoms with van der Waals surface area (Å²) in [5.41, 5.74) is 0.660. The monoisotopic (exact) mass is 239 g/mol. The maximum absolute atomic E-state index is 6.01. The van der Waals surface area contributed by atoms with E-state index < -0.39 is 0 Å². The second-order valence-electron chi connectivity index (χ2n) is 7.04. The van der Waals surface area contributed by atoms with Crippen molar-refractivity contribution in [1.29, 1.82) is 0 Å².